The van der Waals surface area contributed by atoms with Gasteiger partial charge < -0.3 is 10.2 Å². The molecule has 2 aliphatic heterocycles. The lowest BCUT2D eigenvalue weighted by Crippen LogP contribution is -2.50. The average molecular weight is 539 g/mol. The van der Waals surface area contributed by atoms with Crippen molar-refractivity contribution in [1.82, 2.24) is 14.5 Å². The molecule has 6 nitrogen and oxygen atoms in total. The van der Waals surface area contributed by atoms with E-state index in [2.05, 4.69) is 29.1 Å². The van der Waals surface area contributed by atoms with Gasteiger partial charge in [-0.25, -0.2) is 8.42 Å². The van der Waals surface area contributed by atoms with E-state index in [0.29, 0.717) is 24.5 Å². The van der Waals surface area contributed by atoms with Gasteiger partial charge in [0.05, 0.1) is 4.90 Å². The lowest BCUT2D eigenvalue weighted by atomic mass is 10.2. The largest absolute Gasteiger partial charge is 0.352 e. The number of thioether (sulfide) groups is 1. The quantitative estimate of drug-likeness (QED) is 0.363. The zero-order chi connectivity index (χ0) is 19.5. The van der Waals surface area contributed by atoms with Crippen LogP contribution in [0.1, 0.15) is 32.3 Å². The second-order valence-corrected chi connectivity index (χ2v) is 11.4. The lowest BCUT2D eigenvalue weighted by Gasteiger charge is -2.39. The summed E-state index contributed by atoms with van der Waals surface area (Å²) in [5, 5.41) is 3.41. The van der Waals surface area contributed by atoms with E-state index in [-0.39, 0.29) is 28.7 Å². The van der Waals surface area contributed by atoms with Crippen molar-refractivity contribution in [3.63, 3.8) is 0 Å². The molecule has 28 heavy (non-hydrogen) atoms. The van der Waals surface area contributed by atoms with E-state index in [1.54, 1.807) is 16.4 Å². The number of aliphatic imine (C=N–C) groups is 1. The van der Waals surface area contributed by atoms with Crippen LogP contribution in [0.3, 0.4) is 0 Å². The van der Waals surface area contributed by atoms with Gasteiger partial charge in [-0.2, -0.15) is 16.1 Å². The van der Waals surface area contributed by atoms with E-state index in [0.717, 1.165) is 43.2 Å². The molecule has 0 bridgehead atoms. The molecule has 3 rings (SSSR count). The molecule has 2 heterocycles. The lowest BCUT2D eigenvalue weighted by molar-refractivity contribution is 0.375. The topological polar surface area (TPSA) is 65.0 Å². The highest BCUT2D eigenvalue weighted by molar-refractivity contribution is 14.0. The number of halogens is 1. The number of benzene rings is 1. The first-order chi connectivity index (χ1) is 12.8. The van der Waals surface area contributed by atoms with Crippen LogP contribution >= 0.6 is 35.7 Å². The van der Waals surface area contributed by atoms with Crippen molar-refractivity contribution < 1.29 is 8.42 Å². The van der Waals surface area contributed by atoms with E-state index in [9.17, 15) is 8.42 Å². The number of nitrogens with one attached hydrogen (secondary N) is 1. The fourth-order valence-electron chi connectivity index (χ4n) is 3.57. The molecule has 2 fully saturated rings. The van der Waals surface area contributed by atoms with Gasteiger partial charge in [-0.3, -0.25) is 4.99 Å². The van der Waals surface area contributed by atoms with Crippen molar-refractivity contribution in [3.8, 4) is 0 Å². The molecule has 0 amide bonds. The third-order valence-corrected chi connectivity index (χ3v) is 8.22. The highest BCUT2D eigenvalue weighted by Gasteiger charge is 2.29. The maximum atomic E-state index is 12.6. The molecule has 0 aliphatic carbocycles. The third-order valence-electron chi connectivity index (χ3n) is 5.01. The van der Waals surface area contributed by atoms with E-state index in [1.807, 2.05) is 30.9 Å². The van der Waals surface area contributed by atoms with E-state index in [1.165, 1.54) is 0 Å². The number of hydrogen-bond donors (Lipinski definition) is 1. The van der Waals surface area contributed by atoms with E-state index in [4.69, 9.17) is 0 Å². The molecular formula is C19H31IN4O2S2. The molecule has 1 N–H and O–H groups in total. The van der Waals surface area contributed by atoms with Gasteiger partial charge in [0.15, 0.2) is 5.96 Å². The maximum Gasteiger partial charge on any atom is 0.243 e. The molecule has 1 aromatic carbocycles. The Morgan fingerprint density at radius 1 is 1.18 bits per heavy atom. The standard InChI is InChI=1S/C19H30N4O2S2.HI/c1-19(2)15-22(12-13-26-19)18(20-3)21-14-16-6-8-17(9-7-16)27(24,25)23-10-4-5-11-23;/h6-9H,4-5,10-15H2,1-3H3,(H,20,21);1H. The summed E-state index contributed by atoms with van der Waals surface area (Å²) in [6, 6.07) is 7.21. The molecule has 158 valence electrons. The molecule has 0 spiro atoms. The zero-order valence-electron chi connectivity index (χ0n) is 16.8. The summed E-state index contributed by atoms with van der Waals surface area (Å²) in [5.41, 5.74) is 1.04. The van der Waals surface area contributed by atoms with Crippen molar-refractivity contribution in [2.24, 2.45) is 4.99 Å². The fourth-order valence-corrected chi connectivity index (χ4v) is 6.20. The summed E-state index contributed by atoms with van der Waals surface area (Å²) < 4.78 is 27.0. The molecule has 0 unspecified atom stereocenters. The SMILES string of the molecule is CN=C(NCc1ccc(S(=O)(=O)N2CCCC2)cc1)N1CCSC(C)(C)C1.I. The highest BCUT2D eigenvalue weighted by Crippen LogP contribution is 2.29. The Hall–Kier alpha value is -0.520. The summed E-state index contributed by atoms with van der Waals surface area (Å²) >= 11 is 2.00. The van der Waals surface area contributed by atoms with Crippen molar-refractivity contribution in [2.75, 3.05) is 39.0 Å². The van der Waals surface area contributed by atoms with Crippen LogP contribution in [0.4, 0.5) is 0 Å². The Bertz CT molecular complexity index is 776. The number of guanidine groups is 1. The summed E-state index contributed by atoms with van der Waals surface area (Å²) in [6.07, 6.45) is 1.90. The van der Waals surface area contributed by atoms with Crippen molar-refractivity contribution in [2.45, 2.75) is 42.9 Å². The first kappa shape index (κ1) is 23.8. The zero-order valence-corrected chi connectivity index (χ0v) is 20.8. The fraction of sp³-hybridized carbons (Fsp3) is 0.632. The summed E-state index contributed by atoms with van der Waals surface area (Å²) in [7, 11) is -1.53. The van der Waals surface area contributed by atoms with Crippen molar-refractivity contribution >= 4 is 51.7 Å². The van der Waals surface area contributed by atoms with Crippen LogP contribution in [-0.4, -0.2) is 67.3 Å². The van der Waals surface area contributed by atoms with Gasteiger partial charge in [0.1, 0.15) is 0 Å². The Morgan fingerprint density at radius 2 is 1.82 bits per heavy atom. The van der Waals surface area contributed by atoms with Gasteiger partial charge in [-0.1, -0.05) is 12.1 Å². The molecule has 0 saturated carbocycles. The second-order valence-electron chi connectivity index (χ2n) is 7.69. The van der Waals surface area contributed by atoms with Gasteiger partial charge in [0, 0.05) is 50.3 Å². The maximum absolute atomic E-state index is 12.6. The number of rotatable bonds is 4. The Kier molecular flexibility index (Phi) is 8.48. The monoisotopic (exact) mass is 538 g/mol. The number of hydrogen-bond acceptors (Lipinski definition) is 4. The summed E-state index contributed by atoms with van der Waals surface area (Å²) in [5.74, 6) is 1.99. The Labute approximate surface area is 190 Å². The number of nitrogens with zero attached hydrogens (tertiary/aromatic N) is 3. The van der Waals surface area contributed by atoms with Crippen LogP contribution < -0.4 is 5.32 Å². The smallest absolute Gasteiger partial charge is 0.243 e. The van der Waals surface area contributed by atoms with E-state index < -0.39 is 10.0 Å². The normalized spacial score (nSPS) is 20.7. The third kappa shape index (κ3) is 5.76. The Morgan fingerprint density at radius 3 is 2.39 bits per heavy atom. The highest BCUT2D eigenvalue weighted by atomic mass is 127. The minimum Gasteiger partial charge on any atom is -0.352 e. The van der Waals surface area contributed by atoms with Crippen LogP contribution in [0, 0.1) is 0 Å². The van der Waals surface area contributed by atoms with Crippen LogP contribution in [-0.2, 0) is 16.6 Å². The second kappa shape index (κ2) is 9.99. The minimum absolute atomic E-state index is 0. The van der Waals surface area contributed by atoms with Gasteiger partial charge >= 0.3 is 0 Å². The predicted octanol–water partition coefficient (Wildman–Crippen LogP) is 2.99. The van der Waals surface area contributed by atoms with Gasteiger partial charge in [-0.05, 0) is 44.4 Å². The molecule has 0 aromatic heterocycles. The van der Waals surface area contributed by atoms with Crippen LogP contribution in [0.2, 0.25) is 0 Å². The predicted molar refractivity (Wildman–Crippen MR) is 128 cm³/mol. The first-order valence-corrected chi connectivity index (χ1v) is 11.9. The summed E-state index contributed by atoms with van der Waals surface area (Å²) in [6.45, 7) is 8.36. The minimum atomic E-state index is -3.34. The molecule has 2 saturated heterocycles. The van der Waals surface area contributed by atoms with Gasteiger partial charge in [0.2, 0.25) is 10.0 Å². The van der Waals surface area contributed by atoms with Crippen molar-refractivity contribution in [3.05, 3.63) is 29.8 Å². The summed E-state index contributed by atoms with van der Waals surface area (Å²) in [4.78, 5) is 7.10. The van der Waals surface area contributed by atoms with Crippen LogP contribution in [0.5, 0.6) is 0 Å². The average Bonchev–Trinajstić information content (AvgIpc) is 3.17. The molecule has 0 radical (unpaired) electrons. The van der Waals surface area contributed by atoms with Crippen LogP contribution in [0.15, 0.2) is 34.2 Å². The van der Waals surface area contributed by atoms with Crippen molar-refractivity contribution in [1.29, 1.82) is 0 Å². The molecule has 1 aromatic rings. The van der Waals surface area contributed by atoms with Crippen LogP contribution in [0.25, 0.3) is 0 Å². The van der Waals surface area contributed by atoms with Gasteiger partial charge in [-0.15, -0.1) is 24.0 Å². The first-order valence-electron chi connectivity index (χ1n) is 9.50. The molecule has 0 atom stereocenters. The molecule has 2 aliphatic rings. The Balaban J connectivity index is 0.00000280. The van der Waals surface area contributed by atoms with E-state index >= 15 is 0 Å². The number of sulfonamides is 1. The van der Waals surface area contributed by atoms with Gasteiger partial charge in [0.25, 0.3) is 0 Å². The molecule has 9 heteroatoms. The molecular weight excluding hydrogens is 507 g/mol.